The van der Waals surface area contributed by atoms with Gasteiger partial charge in [0, 0.05) is 10.6 Å². The maximum Gasteiger partial charge on any atom is 0.264 e. The van der Waals surface area contributed by atoms with E-state index in [0.29, 0.717) is 16.8 Å². The van der Waals surface area contributed by atoms with Gasteiger partial charge in [0.1, 0.15) is 5.01 Å². The van der Waals surface area contributed by atoms with Crippen LogP contribution in [0.25, 0.3) is 0 Å². The van der Waals surface area contributed by atoms with Crippen LogP contribution in [0.2, 0.25) is 0 Å². The van der Waals surface area contributed by atoms with Crippen molar-refractivity contribution < 1.29 is 9.59 Å². The van der Waals surface area contributed by atoms with Crippen molar-refractivity contribution in [1.29, 1.82) is 0 Å². The number of fused-ring (bicyclic) bond motifs is 1. The molecule has 2 N–H and O–H groups in total. The van der Waals surface area contributed by atoms with Crippen LogP contribution < -0.4 is 5.73 Å². The van der Waals surface area contributed by atoms with Crippen molar-refractivity contribution in [3.05, 3.63) is 44.9 Å². The number of hydrogen-bond acceptors (Lipinski definition) is 5. The van der Waals surface area contributed by atoms with Gasteiger partial charge in [-0.2, -0.15) is 0 Å². The zero-order valence-corrected chi connectivity index (χ0v) is 12.0. The van der Waals surface area contributed by atoms with Crippen LogP contribution in [0, 0.1) is 13.8 Å². The van der Waals surface area contributed by atoms with E-state index >= 15 is 0 Å². The Bertz CT molecular complexity index is 717. The average Bonchev–Trinajstić information content (AvgIpc) is 2.84. The number of nitrogens with two attached hydrogens (primary N) is 1. The molecule has 1 aliphatic heterocycles. The number of hydrogen-bond donors (Lipinski definition) is 1. The highest BCUT2D eigenvalue weighted by Crippen LogP contribution is 2.29. The molecule has 102 valence electrons. The maximum atomic E-state index is 12.3. The highest BCUT2D eigenvalue weighted by molar-refractivity contribution is 7.11. The van der Waals surface area contributed by atoms with Crippen molar-refractivity contribution in [2.45, 2.75) is 20.4 Å². The number of thiazole rings is 1. The molecule has 0 saturated heterocycles. The highest BCUT2D eigenvalue weighted by Gasteiger charge is 2.37. The minimum atomic E-state index is -0.339. The lowest BCUT2D eigenvalue weighted by molar-refractivity contribution is 0.0642. The van der Waals surface area contributed by atoms with Gasteiger partial charge in [0.05, 0.1) is 23.4 Å². The molecular formula is C14H13N3O2S. The first-order chi connectivity index (χ1) is 9.49. The lowest BCUT2D eigenvalue weighted by Crippen LogP contribution is -2.29. The number of imide groups is 1. The molecule has 3 rings (SSSR count). The summed E-state index contributed by atoms with van der Waals surface area (Å²) in [5.74, 6) is -0.642. The number of amides is 2. The van der Waals surface area contributed by atoms with Crippen LogP contribution >= 0.6 is 11.3 Å². The standard InChI is InChI=1S/C14H13N3O2S/c1-7-8(2)20-11(16-7)6-17-13(18)9-4-3-5-10(15)12(9)14(17)19/h3-5H,6,15H2,1-2H3. The Hall–Kier alpha value is -2.21. The van der Waals surface area contributed by atoms with Crippen molar-refractivity contribution >= 4 is 28.8 Å². The summed E-state index contributed by atoms with van der Waals surface area (Å²) in [6.45, 7) is 4.08. The predicted octanol–water partition coefficient (Wildman–Crippen LogP) is 2.14. The summed E-state index contributed by atoms with van der Waals surface area (Å²) in [6, 6.07) is 4.94. The van der Waals surface area contributed by atoms with Gasteiger partial charge in [-0.25, -0.2) is 4.98 Å². The van der Waals surface area contributed by atoms with Crippen molar-refractivity contribution in [1.82, 2.24) is 9.88 Å². The van der Waals surface area contributed by atoms with Gasteiger partial charge in [-0.15, -0.1) is 11.3 Å². The monoisotopic (exact) mass is 287 g/mol. The lowest BCUT2D eigenvalue weighted by Gasteiger charge is -2.11. The van der Waals surface area contributed by atoms with Crippen LogP contribution in [-0.2, 0) is 6.54 Å². The third-order valence-electron chi connectivity index (χ3n) is 3.40. The second kappa shape index (κ2) is 4.42. The lowest BCUT2D eigenvalue weighted by atomic mass is 10.1. The molecule has 2 aromatic rings. The fourth-order valence-electron chi connectivity index (χ4n) is 2.25. The van der Waals surface area contributed by atoms with Gasteiger partial charge >= 0.3 is 0 Å². The van der Waals surface area contributed by atoms with Gasteiger partial charge < -0.3 is 5.73 Å². The number of aromatic nitrogens is 1. The van der Waals surface area contributed by atoms with E-state index in [1.54, 1.807) is 18.2 Å². The fourth-order valence-corrected chi connectivity index (χ4v) is 3.17. The van der Waals surface area contributed by atoms with E-state index in [1.165, 1.54) is 16.2 Å². The van der Waals surface area contributed by atoms with Gasteiger partial charge in [0.15, 0.2) is 0 Å². The summed E-state index contributed by atoms with van der Waals surface area (Å²) >= 11 is 1.50. The molecule has 0 spiro atoms. The molecule has 1 aliphatic rings. The number of benzene rings is 1. The zero-order valence-electron chi connectivity index (χ0n) is 11.1. The van der Waals surface area contributed by atoms with Gasteiger partial charge in [-0.3, -0.25) is 14.5 Å². The number of nitrogen functional groups attached to an aromatic ring is 1. The fraction of sp³-hybridized carbons (Fsp3) is 0.214. The van der Waals surface area contributed by atoms with Crippen LogP contribution in [-0.4, -0.2) is 21.7 Å². The largest absolute Gasteiger partial charge is 0.398 e. The molecule has 1 aromatic heterocycles. The topological polar surface area (TPSA) is 76.3 Å². The number of carbonyl (C=O) groups excluding carboxylic acids is 2. The van der Waals surface area contributed by atoms with E-state index < -0.39 is 0 Å². The first-order valence-corrected chi connectivity index (χ1v) is 6.98. The highest BCUT2D eigenvalue weighted by atomic mass is 32.1. The van der Waals surface area contributed by atoms with E-state index in [-0.39, 0.29) is 18.4 Å². The Balaban J connectivity index is 1.96. The molecule has 0 unspecified atom stereocenters. The molecule has 0 saturated carbocycles. The Kier molecular flexibility index (Phi) is 2.83. The first-order valence-electron chi connectivity index (χ1n) is 6.16. The molecule has 0 fully saturated rings. The summed E-state index contributed by atoms with van der Waals surface area (Å²) in [4.78, 5) is 31.3. The third kappa shape index (κ3) is 1.80. The summed E-state index contributed by atoms with van der Waals surface area (Å²) < 4.78 is 0. The van der Waals surface area contributed by atoms with Gasteiger partial charge in [0.25, 0.3) is 11.8 Å². The van der Waals surface area contributed by atoms with E-state index in [2.05, 4.69) is 4.98 Å². The van der Waals surface area contributed by atoms with Gasteiger partial charge in [0.2, 0.25) is 0 Å². The molecule has 0 aliphatic carbocycles. The average molecular weight is 287 g/mol. The Morgan fingerprint density at radius 1 is 1.25 bits per heavy atom. The summed E-state index contributed by atoms with van der Waals surface area (Å²) in [6.07, 6.45) is 0. The second-order valence-electron chi connectivity index (χ2n) is 4.72. The number of carbonyl (C=O) groups is 2. The number of nitrogens with zero attached hydrogens (tertiary/aromatic N) is 2. The second-order valence-corrected chi connectivity index (χ2v) is 6.00. The van der Waals surface area contributed by atoms with Crippen LogP contribution in [0.3, 0.4) is 0 Å². The van der Waals surface area contributed by atoms with Gasteiger partial charge in [-0.05, 0) is 26.0 Å². The minimum Gasteiger partial charge on any atom is -0.398 e. The molecule has 0 bridgehead atoms. The minimum absolute atomic E-state index is 0.200. The number of anilines is 1. The van der Waals surface area contributed by atoms with Crippen LogP contribution in [0.4, 0.5) is 5.69 Å². The van der Waals surface area contributed by atoms with Crippen molar-refractivity contribution in [3.8, 4) is 0 Å². The quantitative estimate of drug-likeness (QED) is 0.678. The van der Waals surface area contributed by atoms with Gasteiger partial charge in [-0.1, -0.05) is 6.07 Å². The summed E-state index contributed by atoms with van der Waals surface area (Å²) in [5.41, 5.74) is 7.75. The molecule has 6 heteroatoms. The molecule has 20 heavy (non-hydrogen) atoms. The van der Waals surface area contributed by atoms with Crippen LogP contribution in [0.5, 0.6) is 0 Å². The third-order valence-corrected chi connectivity index (χ3v) is 4.46. The number of rotatable bonds is 2. The predicted molar refractivity (Wildman–Crippen MR) is 76.6 cm³/mol. The van der Waals surface area contributed by atoms with E-state index in [9.17, 15) is 9.59 Å². The van der Waals surface area contributed by atoms with E-state index in [0.717, 1.165) is 15.6 Å². The zero-order chi connectivity index (χ0) is 14.4. The van der Waals surface area contributed by atoms with E-state index in [1.807, 2.05) is 13.8 Å². The molecule has 2 amide bonds. The van der Waals surface area contributed by atoms with Crippen LogP contribution in [0.1, 0.15) is 36.3 Å². The summed E-state index contributed by atoms with van der Waals surface area (Å²) in [5, 5.41) is 0.757. The Labute approximate surface area is 120 Å². The molecule has 0 atom stereocenters. The van der Waals surface area contributed by atoms with E-state index in [4.69, 9.17) is 5.73 Å². The molecule has 1 aromatic carbocycles. The molecule has 5 nitrogen and oxygen atoms in total. The summed E-state index contributed by atoms with van der Waals surface area (Å²) in [7, 11) is 0. The maximum absolute atomic E-state index is 12.3. The van der Waals surface area contributed by atoms with Crippen molar-refractivity contribution in [2.24, 2.45) is 0 Å². The molecule has 0 radical (unpaired) electrons. The van der Waals surface area contributed by atoms with Crippen molar-refractivity contribution in [2.75, 3.05) is 5.73 Å². The SMILES string of the molecule is Cc1nc(CN2C(=O)c3cccc(N)c3C2=O)sc1C. The smallest absolute Gasteiger partial charge is 0.264 e. The van der Waals surface area contributed by atoms with Crippen LogP contribution in [0.15, 0.2) is 18.2 Å². The van der Waals surface area contributed by atoms with Crippen molar-refractivity contribution in [3.63, 3.8) is 0 Å². The number of aryl methyl sites for hydroxylation is 2. The normalized spacial score (nSPS) is 14.0. The first kappa shape index (κ1) is 12.8. The Morgan fingerprint density at radius 3 is 2.60 bits per heavy atom. The molecular weight excluding hydrogens is 274 g/mol. The Morgan fingerprint density at radius 2 is 2.00 bits per heavy atom. The molecule has 2 heterocycles.